The van der Waals surface area contributed by atoms with E-state index in [2.05, 4.69) is 20.3 Å². The van der Waals surface area contributed by atoms with E-state index in [0.717, 1.165) is 30.5 Å². The second-order valence-corrected chi connectivity index (χ2v) is 9.45. The second kappa shape index (κ2) is 9.21. The van der Waals surface area contributed by atoms with Crippen LogP contribution in [-0.2, 0) is 12.1 Å². The van der Waals surface area contributed by atoms with Crippen LogP contribution in [0.25, 0.3) is 11.2 Å². The maximum atomic E-state index is 13.4. The second-order valence-electron chi connectivity index (χ2n) is 9.02. The number of benzene rings is 2. The number of nitrogens with zero attached hydrogens (tertiary/aromatic N) is 5. The van der Waals surface area contributed by atoms with Crippen molar-refractivity contribution in [1.29, 1.82) is 0 Å². The molecular formula is C27H21ClF2N6O2. The minimum absolute atomic E-state index is 0.0122. The van der Waals surface area contributed by atoms with Gasteiger partial charge in [0.2, 0.25) is 17.8 Å². The summed E-state index contributed by atoms with van der Waals surface area (Å²) in [5.74, 6) is -1.25. The molecular weight excluding hydrogens is 514 g/mol. The molecule has 0 spiro atoms. The lowest BCUT2D eigenvalue weighted by Gasteiger charge is -2.24. The van der Waals surface area contributed by atoms with Crippen LogP contribution in [-0.4, -0.2) is 24.1 Å². The molecule has 0 aliphatic heterocycles. The normalized spacial score (nSPS) is 14.0. The van der Waals surface area contributed by atoms with E-state index in [1.807, 2.05) is 35.8 Å². The molecule has 1 aliphatic carbocycles. The van der Waals surface area contributed by atoms with Gasteiger partial charge in [0.05, 0.1) is 11.9 Å². The van der Waals surface area contributed by atoms with Gasteiger partial charge in [-0.1, -0.05) is 23.7 Å². The molecule has 0 bridgehead atoms. The van der Waals surface area contributed by atoms with Crippen molar-refractivity contribution in [2.24, 2.45) is 0 Å². The predicted octanol–water partition coefficient (Wildman–Crippen LogP) is 6.01. The number of imidazole rings is 1. The Morgan fingerprint density at radius 2 is 1.68 bits per heavy atom. The third-order valence-corrected chi connectivity index (χ3v) is 6.86. The first-order valence-corrected chi connectivity index (χ1v) is 12.4. The molecule has 2 aromatic carbocycles. The minimum Gasteiger partial charge on any atom is -0.457 e. The van der Waals surface area contributed by atoms with Crippen molar-refractivity contribution in [1.82, 2.24) is 24.1 Å². The summed E-state index contributed by atoms with van der Waals surface area (Å²) < 4.78 is 36.1. The van der Waals surface area contributed by atoms with Gasteiger partial charge in [-0.3, -0.25) is 9.36 Å². The molecule has 1 N–H and O–H groups in total. The van der Waals surface area contributed by atoms with E-state index in [4.69, 9.17) is 16.3 Å². The van der Waals surface area contributed by atoms with Crippen LogP contribution in [0.3, 0.4) is 0 Å². The lowest BCUT2D eigenvalue weighted by Crippen LogP contribution is -2.27. The largest absolute Gasteiger partial charge is 0.457 e. The molecule has 0 radical (unpaired) electrons. The predicted molar refractivity (Wildman–Crippen MR) is 139 cm³/mol. The number of anilines is 2. The zero-order valence-corrected chi connectivity index (χ0v) is 20.9. The number of hydrogen-bond acceptors (Lipinski definition) is 6. The fourth-order valence-corrected chi connectivity index (χ4v) is 4.80. The Labute approximate surface area is 220 Å². The zero-order valence-electron chi connectivity index (χ0n) is 20.2. The Bertz CT molecular complexity index is 1690. The van der Waals surface area contributed by atoms with E-state index in [-0.39, 0.29) is 11.3 Å². The summed E-state index contributed by atoms with van der Waals surface area (Å²) in [4.78, 5) is 25.2. The molecule has 0 amide bonds. The van der Waals surface area contributed by atoms with Gasteiger partial charge in [0.25, 0.3) is 0 Å². The average Bonchev–Trinajstić information content (AvgIpc) is 3.56. The van der Waals surface area contributed by atoms with Crippen molar-refractivity contribution in [3.05, 3.63) is 99.8 Å². The summed E-state index contributed by atoms with van der Waals surface area (Å²) in [6.45, 7) is 2.53. The summed E-state index contributed by atoms with van der Waals surface area (Å²) in [6, 6.07) is 16.4. The maximum Gasteiger partial charge on any atom is 0.300 e. The van der Waals surface area contributed by atoms with Gasteiger partial charge in [-0.2, -0.15) is 18.7 Å². The van der Waals surface area contributed by atoms with Crippen LogP contribution in [0.15, 0.2) is 71.8 Å². The highest BCUT2D eigenvalue weighted by Crippen LogP contribution is 2.51. The lowest BCUT2D eigenvalue weighted by atomic mass is 10.0. The molecule has 38 heavy (non-hydrogen) atoms. The lowest BCUT2D eigenvalue weighted by molar-refractivity contribution is 0.451. The van der Waals surface area contributed by atoms with Gasteiger partial charge in [0.15, 0.2) is 11.2 Å². The summed E-state index contributed by atoms with van der Waals surface area (Å²) in [7, 11) is 0. The van der Waals surface area contributed by atoms with Crippen LogP contribution < -0.4 is 15.6 Å². The minimum atomic E-state index is -0.974. The van der Waals surface area contributed by atoms with Crippen LogP contribution in [0.5, 0.6) is 11.5 Å². The first-order chi connectivity index (χ1) is 18.4. The topological polar surface area (TPSA) is 86.9 Å². The van der Waals surface area contributed by atoms with Crippen molar-refractivity contribution >= 4 is 34.4 Å². The Morgan fingerprint density at radius 3 is 2.32 bits per heavy atom. The number of fused-ring (bicyclic) bond motifs is 1. The SMILES string of the molecule is CCn1cnc2c1c(=O)nc(Nc1ccc(Oc3cc(F)nc(F)c3)cc1)n2C1(c2ccc(Cl)cc2)CC1. The Kier molecular flexibility index (Phi) is 5.83. The van der Waals surface area contributed by atoms with Gasteiger partial charge in [0.1, 0.15) is 11.5 Å². The molecule has 11 heteroatoms. The Morgan fingerprint density at radius 1 is 1.00 bits per heavy atom. The van der Waals surface area contributed by atoms with E-state index >= 15 is 0 Å². The molecule has 0 atom stereocenters. The summed E-state index contributed by atoms with van der Waals surface area (Å²) in [5, 5.41) is 3.90. The van der Waals surface area contributed by atoms with Crippen LogP contribution in [0.4, 0.5) is 20.4 Å². The smallest absolute Gasteiger partial charge is 0.300 e. The number of nitrogens with one attached hydrogen (secondary N) is 1. The van der Waals surface area contributed by atoms with Gasteiger partial charge in [-0.05, 0) is 61.7 Å². The fraction of sp³-hybridized carbons (Fsp3) is 0.185. The summed E-state index contributed by atoms with van der Waals surface area (Å²) in [6.07, 6.45) is 3.34. The molecule has 3 aromatic heterocycles. The molecule has 5 aromatic rings. The van der Waals surface area contributed by atoms with Crippen LogP contribution in [0.1, 0.15) is 25.3 Å². The molecule has 8 nitrogen and oxygen atoms in total. The van der Waals surface area contributed by atoms with Crippen molar-refractivity contribution in [3.8, 4) is 11.5 Å². The number of ether oxygens (including phenoxy) is 1. The van der Waals surface area contributed by atoms with Crippen molar-refractivity contribution in [2.75, 3.05) is 5.32 Å². The van der Waals surface area contributed by atoms with Crippen molar-refractivity contribution in [2.45, 2.75) is 31.8 Å². The van der Waals surface area contributed by atoms with Gasteiger partial charge in [-0.25, -0.2) is 4.98 Å². The third kappa shape index (κ3) is 4.26. The number of pyridine rings is 1. The van der Waals surface area contributed by atoms with Gasteiger partial charge >= 0.3 is 5.56 Å². The van der Waals surface area contributed by atoms with Gasteiger partial charge in [0, 0.05) is 29.4 Å². The highest BCUT2D eigenvalue weighted by molar-refractivity contribution is 6.30. The summed E-state index contributed by atoms with van der Waals surface area (Å²) in [5.41, 5.74) is 1.85. The highest BCUT2D eigenvalue weighted by atomic mass is 35.5. The quantitative estimate of drug-likeness (QED) is 0.257. The Balaban J connectivity index is 1.39. The molecule has 6 rings (SSSR count). The van der Waals surface area contributed by atoms with Gasteiger partial charge < -0.3 is 14.6 Å². The number of hydrogen-bond donors (Lipinski definition) is 1. The van der Waals surface area contributed by atoms with Crippen LogP contribution >= 0.6 is 11.6 Å². The average molecular weight is 535 g/mol. The number of aromatic nitrogens is 5. The van der Waals surface area contributed by atoms with E-state index in [1.165, 1.54) is 0 Å². The van der Waals surface area contributed by atoms with E-state index in [0.29, 0.717) is 40.1 Å². The molecule has 0 unspecified atom stereocenters. The zero-order chi connectivity index (χ0) is 26.4. The van der Waals surface area contributed by atoms with Crippen LogP contribution in [0.2, 0.25) is 5.02 Å². The van der Waals surface area contributed by atoms with Crippen molar-refractivity contribution < 1.29 is 13.5 Å². The molecule has 1 aliphatic rings. The highest BCUT2D eigenvalue weighted by Gasteiger charge is 2.49. The monoisotopic (exact) mass is 534 g/mol. The van der Waals surface area contributed by atoms with E-state index in [9.17, 15) is 13.6 Å². The molecule has 1 fully saturated rings. The maximum absolute atomic E-state index is 13.4. The third-order valence-electron chi connectivity index (χ3n) is 6.61. The van der Waals surface area contributed by atoms with Crippen LogP contribution in [0, 0.1) is 11.9 Å². The van der Waals surface area contributed by atoms with Crippen molar-refractivity contribution in [3.63, 3.8) is 0 Å². The fourth-order valence-electron chi connectivity index (χ4n) is 4.68. The van der Waals surface area contributed by atoms with E-state index in [1.54, 1.807) is 35.2 Å². The number of halogens is 3. The molecule has 1 saturated carbocycles. The molecule has 0 saturated heterocycles. The van der Waals surface area contributed by atoms with Gasteiger partial charge in [-0.15, -0.1) is 0 Å². The number of rotatable bonds is 7. The standard InChI is InChI=1S/C27H21ClF2N6O2/c1-2-35-15-31-24-23(35)25(37)34-26(36(24)27(11-12-27)16-3-5-17(28)6-4-16)32-18-7-9-19(10-8-18)38-20-13-21(29)33-22(30)14-20/h3-10,13-15H,2,11-12H2,1H3,(H,32,34,37). The molecule has 192 valence electrons. The summed E-state index contributed by atoms with van der Waals surface area (Å²) >= 11 is 6.15. The Hall–Kier alpha value is -4.31. The first-order valence-electron chi connectivity index (χ1n) is 12.0. The molecule has 3 heterocycles. The first kappa shape index (κ1) is 24.1. The number of aryl methyl sites for hydroxylation is 1. The van der Waals surface area contributed by atoms with E-state index < -0.39 is 17.4 Å².